The molecule has 2 saturated heterocycles. The first kappa shape index (κ1) is 60.4. The van der Waals surface area contributed by atoms with Crippen molar-refractivity contribution in [3.8, 4) is 33.5 Å². The van der Waals surface area contributed by atoms with Crippen LogP contribution in [0.4, 0.5) is 55.3 Å². The molecule has 2 atom stereocenters. The van der Waals surface area contributed by atoms with Crippen LogP contribution in [0.2, 0.25) is 0 Å². The fraction of sp³-hybridized carbons (Fsp3) is 0.407. The van der Waals surface area contributed by atoms with Crippen LogP contribution in [0.1, 0.15) is 93.8 Å². The fourth-order valence-corrected chi connectivity index (χ4v) is 10.6. The number of nitrogens with one attached hydrogen (secondary N) is 2. The summed E-state index contributed by atoms with van der Waals surface area (Å²) >= 11 is 6.85. The molecule has 2 aliphatic heterocycles. The first-order chi connectivity index (χ1) is 37.4. The summed E-state index contributed by atoms with van der Waals surface area (Å²) in [5.41, 5.74) is -8.59. The number of likely N-dealkylation sites (tertiary alicyclic amines) is 1. The first-order valence-corrected chi connectivity index (χ1v) is 26.0. The second kappa shape index (κ2) is 23.5. The summed E-state index contributed by atoms with van der Waals surface area (Å²) in [7, 11) is 0. The maximum atomic E-state index is 15.5. The number of unbranched alkanes of at least 4 members (excludes halogenated alkanes) is 1. The van der Waals surface area contributed by atoms with Gasteiger partial charge in [0.25, 0.3) is 5.91 Å². The minimum absolute atomic E-state index is 0.0155. The molecule has 4 amide bonds. The van der Waals surface area contributed by atoms with E-state index in [-0.39, 0.29) is 44.3 Å². The molecule has 2 aromatic heterocycles. The van der Waals surface area contributed by atoms with Gasteiger partial charge in [0.2, 0.25) is 17.7 Å². The lowest BCUT2D eigenvalue weighted by molar-refractivity contribution is -0.144. The van der Waals surface area contributed by atoms with Crippen molar-refractivity contribution in [3.63, 3.8) is 0 Å². The summed E-state index contributed by atoms with van der Waals surface area (Å²) in [6.07, 6.45) is -14.0. The van der Waals surface area contributed by atoms with Gasteiger partial charge in [0.15, 0.2) is 10.9 Å². The van der Waals surface area contributed by atoms with Gasteiger partial charge in [-0.25, -0.2) is 9.37 Å². The van der Waals surface area contributed by atoms with Crippen molar-refractivity contribution in [2.24, 2.45) is 5.41 Å². The number of aromatic nitrogens is 2. The zero-order chi connectivity index (χ0) is 58.9. The lowest BCUT2D eigenvalue weighted by atomic mass is 9.85. The molecule has 426 valence electrons. The number of hydrogen-bond acceptors (Lipinski definition) is 11. The van der Waals surface area contributed by atoms with Crippen LogP contribution < -0.4 is 25.2 Å². The van der Waals surface area contributed by atoms with Crippen molar-refractivity contribution in [2.45, 2.75) is 110 Å². The number of aryl methyl sites for hydroxylation is 1. The van der Waals surface area contributed by atoms with Gasteiger partial charge in [-0.3, -0.25) is 29.1 Å². The van der Waals surface area contributed by atoms with Crippen LogP contribution in [0, 0.1) is 29.5 Å². The molecular weight excluding hydrogens is 1110 g/mol. The summed E-state index contributed by atoms with van der Waals surface area (Å²) in [4.78, 5) is 65.8. The molecule has 1 unspecified atom stereocenters. The Hall–Kier alpha value is -7.24. The number of amides is 4. The van der Waals surface area contributed by atoms with Crippen LogP contribution in [0.3, 0.4) is 0 Å². The predicted octanol–water partition coefficient (Wildman–Crippen LogP) is 11.2. The highest BCUT2D eigenvalue weighted by atomic mass is 32.1. The number of pyridine rings is 1. The number of nitriles is 1. The minimum atomic E-state index is -5.42. The van der Waals surface area contributed by atoms with Gasteiger partial charge >= 0.3 is 18.5 Å². The number of thiazole rings is 1. The van der Waals surface area contributed by atoms with E-state index in [1.807, 2.05) is 31.2 Å². The second-order valence-corrected chi connectivity index (χ2v) is 21.6. The van der Waals surface area contributed by atoms with Gasteiger partial charge in [-0.15, -0.1) is 11.3 Å². The van der Waals surface area contributed by atoms with E-state index in [4.69, 9.17) is 21.7 Å². The number of halogens is 10. The van der Waals surface area contributed by atoms with E-state index in [1.165, 1.54) is 22.3 Å². The Bertz CT molecular complexity index is 3220. The van der Waals surface area contributed by atoms with E-state index in [0.29, 0.717) is 54.7 Å². The van der Waals surface area contributed by atoms with Crippen molar-refractivity contribution >= 4 is 63.7 Å². The average Bonchev–Trinajstić information content (AvgIpc) is 4.26. The summed E-state index contributed by atoms with van der Waals surface area (Å²) in [6, 6.07) is 11.0. The number of hydrogen-bond donors (Lipinski definition) is 2. The van der Waals surface area contributed by atoms with E-state index in [9.17, 15) is 64.0 Å². The fourth-order valence-electron chi connectivity index (χ4n) is 9.25. The van der Waals surface area contributed by atoms with Crippen LogP contribution >= 0.6 is 23.6 Å². The molecule has 14 nitrogen and oxygen atoms in total. The van der Waals surface area contributed by atoms with Crippen LogP contribution in [-0.2, 0) is 49.0 Å². The average molecular weight is 1160 g/mol. The predicted molar refractivity (Wildman–Crippen MR) is 278 cm³/mol. The molecule has 3 aromatic carbocycles. The van der Waals surface area contributed by atoms with Crippen molar-refractivity contribution in [3.05, 3.63) is 112 Å². The molecule has 0 radical (unpaired) electrons. The number of anilines is 2. The third-order valence-electron chi connectivity index (χ3n) is 13.3. The third-order valence-corrected chi connectivity index (χ3v) is 14.6. The van der Waals surface area contributed by atoms with Crippen LogP contribution in [-0.4, -0.2) is 87.6 Å². The van der Waals surface area contributed by atoms with Gasteiger partial charge in [0, 0.05) is 25.3 Å². The maximum absolute atomic E-state index is 15.5. The smallest absolute Gasteiger partial charge is 0.420 e. The Labute approximate surface area is 462 Å². The largest absolute Gasteiger partial charge is 0.494 e. The standard InChI is InChI=1S/C54H52F10N8O6S2/c1-29-44(80-28-68-29)31-13-11-30(12-14-31)25-67-46(74)39-10-9-19-70(39)47(75)45(50(2,3)4)69-40(73)27-77-20-7-8-21-78-34-16-17-35(36(23-34)52(56,57)58)43-37(53(59,60)61)22-33(26-66-43)72-49(79)71(48(76)51(72,5)6)38-18-15-32(24-65)41(42(38)55)54(62,63)64/h11-18,22-23,26,28,39,45H,7-10,19-21,25,27H2,1-6H3,(H,67,74)(H,69,73)/t39-,45?/m0/s1. The Morgan fingerprint density at radius 3 is 2.20 bits per heavy atom. The Morgan fingerprint density at radius 2 is 1.59 bits per heavy atom. The van der Waals surface area contributed by atoms with Crippen LogP contribution in [0.15, 0.2) is 72.4 Å². The van der Waals surface area contributed by atoms with Crippen molar-refractivity contribution < 1.29 is 72.6 Å². The van der Waals surface area contributed by atoms with Gasteiger partial charge in [-0.1, -0.05) is 45.0 Å². The quantitative estimate of drug-likeness (QED) is 0.0516. The Kier molecular flexibility index (Phi) is 17.7. The molecule has 2 fully saturated rings. The van der Waals surface area contributed by atoms with Gasteiger partial charge in [-0.2, -0.15) is 44.8 Å². The van der Waals surface area contributed by atoms with E-state index in [2.05, 4.69) is 20.6 Å². The number of carbonyl (C=O) groups is 4. The minimum Gasteiger partial charge on any atom is -0.494 e. The first-order valence-electron chi connectivity index (χ1n) is 24.7. The molecule has 0 bridgehead atoms. The highest BCUT2D eigenvalue weighted by Gasteiger charge is 2.53. The maximum Gasteiger partial charge on any atom is 0.420 e. The topological polar surface area (TPSA) is 170 Å². The van der Waals surface area contributed by atoms with Crippen molar-refractivity contribution in [1.29, 1.82) is 5.26 Å². The number of rotatable bonds is 17. The molecule has 26 heteroatoms. The van der Waals surface area contributed by atoms with Gasteiger partial charge in [0.1, 0.15) is 35.5 Å². The number of alkyl halides is 9. The van der Waals surface area contributed by atoms with Gasteiger partial charge in [-0.05, 0) is 112 Å². The summed E-state index contributed by atoms with van der Waals surface area (Å²) in [5, 5.41) is 14.0. The molecule has 0 aliphatic carbocycles. The summed E-state index contributed by atoms with van der Waals surface area (Å²) < 4.78 is 157. The number of benzene rings is 3. The Morgan fingerprint density at radius 1 is 0.912 bits per heavy atom. The molecule has 0 saturated carbocycles. The molecule has 2 aliphatic rings. The molecule has 80 heavy (non-hydrogen) atoms. The van der Waals surface area contributed by atoms with Gasteiger partial charge < -0.3 is 29.9 Å². The molecular formula is C54H52F10N8O6S2. The van der Waals surface area contributed by atoms with Crippen molar-refractivity contribution in [1.82, 2.24) is 25.5 Å². The molecule has 0 spiro atoms. The molecule has 7 rings (SSSR count). The monoisotopic (exact) mass is 1160 g/mol. The van der Waals surface area contributed by atoms with Crippen LogP contribution in [0.25, 0.3) is 21.7 Å². The van der Waals surface area contributed by atoms with E-state index < -0.39 is 122 Å². The summed E-state index contributed by atoms with van der Waals surface area (Å²) in [6.45, 7) is 9.34. The Balaban J connectivity index is 0.943. The highest BCUT2D eigenvalue weighted by Crippen LogP contribution is 2.47. The number of thiocarbonyl (C=S) groups is 1. The lowest BCUT2D eigenvalue weighted by Gasteiger charge is -2.35. The van der Waals surface area contributed by atoms with E-state index in [0.717, 1.165) is 52.6 Å². The van der Waals surface area contributed by atoms with Crippen molar-refractivity contribution in [2.75, 3.05) is 36.2 Å². The van der Waals surface area contributed by atoms with Crippen LogP contribution in [0.5, 0.6) is 5.75 Å². The normalized spacial score (nSPS) is 16.2. The molecule has 2 N–H and O–H groups in total. The molecule has 5 aromatic rings. The zero-order valence-electron chi connectivity index (χ0n) is 43.7. The highest BCUT2D eigenvalue weighted by molar-refractivity contribution is 7.81. The number of carbonyl (C=O) groups excluding carboxylic acids is 4. The van der Waals surface area contributed by atoms with E-state index in [1.54, 1.807) is 26.3 Å². The SMILES string of the molecule is Cc1ncsc1-c1ccc(CNC(=O)[C@@H]2CCCN2C(=O)C(NC(=O)COCCCCOc2ccc(-c3ncc(N4C(=S)N(c5ccc(C#N)c(C(F)(F)F)c5F)C(=O)C4(C)C)cc3C(F)(F)F)c(C(F)(F)F)c2)C(C)(C)C)cc1. The second-order valence-electron chi connectivity index (χ2n) is 20.4. The number of ether oxygens (including phenoxy) is 2. The zero-order valence-corrected chi connectivity index (χ0v) is 45.3. The van der Waals surface area contributed by atoms with E-state index >= 15 is 4.39 Å². The summed E-state index contributed by atoms with van der Waals surface area (Å²) in [5.74, 6) is -5.01. The lowest BCUT2D eigenvalue weighted by Crippen LogP contribution is -2.58. The third kappa shape index (κ3) is 13.0. The molecule has 4 heterocycles. The number of nitrogens with zero attached hydrogens (tertiary/aromatic N) is 6. The van der Waals surface area contributed by atoms with Gasteiger partial charge in [0.05, 0.1) is 68.7 Å².